The van der Waals surface area contributed by atoms with Gasteiger partial charge in [-0.15, -0.1) is 0 Å². The largest absolute Gasteiger partial charge is 0.381 e. The summed E-state index contributed by atoms with van der Waals surface area (Å²) < 4.78 is 0. The van der Waals surface area contributed by atoms with Crippen LogP contribution in [0.25, 0.3) is 0 Å². The highest BCUT2D eigenvalue weighted by molar-refractivity contribution is 6.39. The number of nitrogens with one attached hydrogen (secondary N) is 1. The number of nitrogens with zero attached hydrogens (tertiary/aromatic N) is 2. The molecule has 1 unspecified atom stereocenters. The van der Waals surface area contributed by atoms with Gasteiger partial charge in [0.2, 0.25) is 0 Å². The minimum atomic E-state index is -0.504. The molecular weight excluding hydrogens is 301 g/mol. The number of likely N-dealkylation sites (N-methyl/N-ethyl adjacent to an activating group) is 1. The molecule has 7 heteroatoms. The molecule has 1 aromatic rings. The second kappa shape index (κ2) is 6.61. The summed E-state index contributed by atoms with van der Waals surface area (Å²) in [5, 5.41) is 14.5. The van der Waals surface area contributed by atoms with Crippen LogP contribution in [0.3, 0.4) is 0 Å². The molecular formula is C13H17Cl2N3O2. The van der Waals surface area contributed by atoms with E-state index in [0.29, 0.717) is 11.7 Å². The summed E-state index contributed by atoms with van der Waals surface area (Å²) in [6.07, 6.45) is 3.58. The van der Waals surface area contributed by atoms with Gasteiger partial charge in [0.1, 0.15) is 0 Å². The van der Waals surface area contributed by atoms with Crippen molar-refractivity contribution in [3.05, 3.63) is 32.3 Å². The van der Waals surface area contributed by atoms with E-state index in [4.69, 9.17) is 23.2 Å². The van der Waals surface area contributed by atoms with E-state index in [1.807, 2.05) is 0 Å². The molecule has 1 aliphatic rings. The number of nitro groups is 1. The van der Waals surface area contributed by atoms with Gasteiger partial charge in [-0.2, -0.15) is 0 Å². The Hall–Kier alpha value is -1.04. The summed E-state index contributed by atoms with van der Waals surface area (Å²) >= 11 is 12.1. The van der Waals surface area contributed by atoms with Crippen LogP contribution in [-0.2, 0) is 0 Å². The van der Waals surface area contributed by atoms with E-state index in [0.717, 1.165) is 19.5 Å². The van der Waals surface area contributed by atoms with Crippen LogP contribution in [0.2, 0.25) is 10.0 Å². The highest BCUT2D eigenvalue weighted by Crippen LogP contribution is 2.34. The lowest BCUT2D eigenvalue weighted by Crippen LogP contribution is -2.40. The van der Waals surface area contributed by atoms with Crippen LogP contribution in [0, 0.1) is 10.1 Å². The van der Waals surface area contributed by atoms with Crippen molar-refractivity contribution in [2.45, 2.75) is 25.3 Å². The summed E-state index contributed by atoms with van der Waals surface area (Å²) in [6, 6.07) is 3.08. The predicted molar refractivity (Wildman–Crippen MR) is 81.9 cm³/mol. The number of rotatable bonds is 4. The van der Waals surface area contributed by atoms with Crippen molar-refractivity contribution in [1.29, 1.82) is 0 Å². The lowest BCUT2D eigenvalue weighted by molar-refractivity contribution is -0.384. The molecule has 20 heavy (non-hydrogen) atoms. The molecule has 110 valence electrons. The van der Waals surface area contributed by atoms with Gasteiger partial charge in [0.15, 0.2) is 0 Å². The minimum Gasteiger partial charge on any atom is -0.381 e. The van der Waals surface area contributed by atoms with Gasteiger partial charge in [0.25, 0.3) is 5.69 Å². The highest BCUT2D eigenvalue weighted by Gasteiger charge is 2.20. The SMILES string of the molecule is CN1CCCCC1CNc1c(Cl)cc([N+](=O)[O-])cc1Cl. The molecule has 2 rings (SSSR count). The van der Waals surface area contributed by atoms with Crippen molar-refractivity contribution < 1.29 is 4.92 Å². The van der Waals surface area contributed by atoms with Gasteiger partial charge < -0.3 is 10.2 Å². The lowest BCUT2D eigenvalue weighted by atomic mass is 10.0. The van der Waals surface area contributed by atoms with Crippen molar-refractivity contribution >= 4 is 34.6 Å². The van der Waals surface area contributed by atoms with E-state index in [2.05, 4.69) is 17.3 Å². The van der Waals surface area contributed by atoms with Gasteiger partial charge in [0, 0.05) is 24.7 Å². The molecule has 5 nitrogen and oxygen atoms in total. The molecule has 0 aromatic heterocycles. The fourth-order valence-corrected chi connectivity index (χ4v) is 3.07. The Kier molecular flexibility index (Phi) is 5.07. The Labute approximate surface area is 128 Å². The minimum absolute atomic E-state index is 0.0969. The third-order valence-electron chi connectivity index (χ3n) is 3.67. The van der Waals surface area contributed by atoms with Crippen molar-refractivity contribution in [2.24, 2.45) is 0 Å². The monoisotopic (exact) mass is 317 g/mol. The molecule has 0 bridgehead atoms. The second-order valence-corrected chi connectivity index (χ2v) is 5.87. The van der Waals surface area contributed by atoms with Gasteiger partial charge in [-0.25, -0.2) is 0 Å². The Morgan fingerprint density at radius 3 is 2.60 bits per heavy atom. The number of anilines is 1. The molecule has 0 saturated carbocycles. The number of likely N-dealkylation sites (tertiary alicyclic amines) is 1. The summed E-state index contributed by atoms with van der Waals surface area (Å²) in [7, 11) is 2.10. The van der Waals surface area contributed by atoms with E-state index < -0.39 is 4.92 Å². The molecule has 1 heterocycles. The molecule has 1 atom stereocenters. The average Bonchev–Trinajstić information content (AvgIpc) is 2.39. The maximum Gasteiger partial charge on any atom is 0.272 e. The topological polar surface area (TPSA) is 58.4 Å². The van der Waals surface area contributed by atoms with Gasteiger partial charge >= 0.3 is 0 Å². The van der Waals surface area contributed by atoms with Gasteiger partial charge in [-0.05, 0) is 26.4 Å². The number of non-ortho nitro benzene ring substituents is 1. The summed E-state index contributed by atoms with van der Waals surface area (Å²) in [5.41, 5.74) is 0.471. The highest BCUT2D eigenvalue weighted by atomic mass is 35.5. The number of hydrogen-bond donors (Lipinski definition) is 1. The third kappa shape index (κ3) is 3.53. The van der Waals surface area contributed by atoms with Gasteiger partial charge in [-0.3, -0.25) is 10.1 Å². The van der Waals surface area contributed by atoms with Crippen LogP contribution < -0.4 is 5.32 Å². The molecule has 1 aromatic carbocycles. The van der Waals surface area contributed by atoms with E-state index >= 15 is 0 Å². The van der Waals surface area contributed by atoms with E-state index in [1.165, 1.54) is 25.0 Å². The molecule has 1 fully saturated rings. The first kappa shape index (κ1) is 15.4. The van der Waals surface area contributed by atoms with Crippen molar-refractivity contribution in [3.63, 3.8) is 0 Å². The molecule has 1 aliphatic heterocycles. The van der Waals surface area contributed by atoms with Crippen molar-refractivity contribution in [1.82, 2.24) is 4.90 Å². The molecule has 0 spiro atoms. The standard InChI is InChI=1S/C13H17Cl2N3O2/c1-17-5-3-2-4-9(17)8-16-13-11(14)6-10(18(19)20)7-12(13)15/h6-7,9,16H,2-5,8H2,1H3. The number of nitro benzene ring substituents is 1. The zero-order chi connectivity index (χ0) is 14.7. The van der Waals surface area contributed by atoms with Gasteiger partial charge in [-0.1, -0.05) is 29.6 Å². The molecule has 1 saturated heterocycles. The zero-order valence-corrected chi connectivity index (χ0v) is 12.7. The quantitative estimate of drug-likeness (QED) is 0.678. The maximum atomic E-state index is 10.7. The van der Waals surface area contributed by atoms with Crippen molar-refractivity contribution in [2.75, 3.05) is 25.5 Å². The first-order valence-electron chi connectivity index (χ1n) is 6.56. The predicted octanol–water partition coefficient (Wildman–Crippen LogP) is 3.80. The lowest BCUT2D eigenvalue weighted by Gasteiger charge is -2.32. The Morgan fingerprint density at radius 2 is 2.05 bits per heavy atom. The number of benzene rings is 1. The zero-order valence-electron chi connectivity index (χ0n) is 11.2. The number of piperidine rings is 1. The number of halogens is 2. The Morgan fingerprint density at radius 1 is 1.40 bits per heavy atom. The van der Waals surface area contributed by atoms with E-state index in [-0.39, 0.29) is 15.7 Å². The van der Waals surface area contributed by atoms with Crippen LogP contribution in [0.15, 0.2) is 12.1 Å². The Balaban J connectivity index is 2.07. The van der Waals surface area contributed by atoms with Crippen LogP contribution in [-0.4, -0.2) is 36.0 Å². The van der Waals surface area contributed by atoms with Crippen LogP contribution in [0.1, 0.15) is 19.3 Å². The molecule has 0 aliphatic carbocycles. The average molecular weight is 318 g/mol. The number of hydrogen-bond acceptors (Lipinski definition) is 4. The molecule has 0 radical (unpaired) electrons. The third-order valence-corrected chi connectivity index (χ3v) is 4.27. The van der Waals surface area contributed by atoms with Crippen LogP contribution in [0.5, 0.6) is 0 Å². The first-order valence-corrected chi connectivity index (χ1v) is 7.32. The van der Waals surface area contributed by atoms with E-state index in [1.54, 1.807) is 0 Å². The Bertz CT molecular complexity index is 487. The molecule has 0 amide bonds. The molecule has 1 N–H and O–H groups in total. The first-order chi connectivity index (χ1) is 9.49. The summed E-state index contributed by atoms with van der Waals surface area (Å²) in [5.74, 6) is 0. The summed E-state index contributed by atoms with van der Waals surface area (Å²) in [4.78, 5) is 12.5. The maximum absolute atomic E-state index is 10.7. The smallest absolute Gasteiger partial charge is 0.272 e. The fourth-order valence-electron chi connectivity index (χ4n) is 2.46. The normalized spacial score (nSPS) is 19.9. The van der Waals surface area contributed by atoms with Crippen LogP contribution >= 0.6 is 23.2 Å². The fraction of sp³-hybridized carbons (Fsp3) is 0.538. The summed E-state index contributed by atoms with van der Waals surface area (Å²) in [6.45, 7) is 1.82. The van der Waals surface area contributed by atoms with E-state index in [9.17, 15) is 10.1 Å². The van der Waals surface area contributed by atoms with Crippen LogP contribution in [0.4, 0.5) is 11.4 Å². The van der Waals surface area contributed by atoms with Gasteiger partial charge in [0.05, 0.1) is 20.7 Å². The van der Waals surface area contributed by atoms with Crippen molar-refractivity contribution in [3.8, 4) is 0 Å². The second-order valence-electron chi connectivity index (χ2n) is 5.05.